The van der Waals surface area contributed by atoms with Gasteiger partial charge in [-0.25, -0.2) is 0 Å². The Hall–Kier alpha value is -1.59. The van der Waals surface area contributed by atoms with Crippen molar-refractivity contribution in [1.29, 1.82) is 0 Å². The lowest BCUT2D eigenvalue weighted by molar-refractivity contribution is -0.136. The first-order chi connectivity index (χ1) is 11.1. The van der Waals surface area contributed by atoms with Crippen LogP contribution in [-0.4, -0.2) is 35.8 Å². The Morgan fingerprint density at radius 2 is 1.76 bits per heavy atom. The van der Waals surface area contributed by atoms with Crippen LogP contribution in [0.25, 0.3) is 0 Å². The van der Waals surface area contributed by atoms with Crippen LogP contribution in [0.1, 0.15) is 61.0 Å². The molecule has 4 N–H and O–H groups in total. The van der Waals surface area contributed by atoms with Crippen LogP contribution in [0.5, 0.6) is 0 Å². The molecule has 0 saturated carbocycles. The van der Waals surface area contributed by atoms with Crippen LogP contribution < -0.4 is 11.5 Å². The van der Waals surface area contributed by atoms with Crippen molar-refractivity contribution in [3.63, 3.8) is 0 Å². The highest BCUT2D eigenvalue weighted by atomic mass is 35.5. The number of aryl methyl sites for hydroxylation is 1. The van der Waals surface area contributed by atoms with Crippen LogP contribution in [0, 0.1) is 12.3 Å². The molecule has 6 heteroatoms. The van der Waals surface area contributed by atoms with Crippen LogP contribution in [0.15, 0.2) is 18.2 Å². The monoisotopic (exact) mass is 367 g/mol. The second kappa shape index (κ2) is 8.19. The number of hydrogen-bond acceptors (Lipinski definition) is 3. The minimum absolute atomic E-state index is 0. The average molecular weight is 368 g/mol. The molecular formula is C19H30ClN3O2. The van der Waals surface area contributed by atoms with Gasteiger partial charge in [0.2, 0.25) is 11.8 Å². The summed E-state index contributed by atoms with van der Waals surface area (Å²) in [5.41, 5.74) is 14.1. The molecule has 25 heavy (non-hydrogen) atoms. The fourth-order valence-electron chi connectivity index (χ4n) is 3.22. The SMILES string of the molecule is Cc1ccc(C(N)=O)c(C2CCN(C(=O)[C@@H](N)C(C)(C)C)CC2)c1.Cl. The van der Waals surface area contributed by atoms with E-state index in [1.54, 1.807) is 6.07 Å². The van der Waals surface area contributed by atoms with Gasteiger partial charge in [0.05, 0.1) is 6.04 Å². The first kappa shape index (κ1) is 21.5. The van der Waals surface area contributed by atoms with Crippen molar-refractivity contribution < 1.29 is 9.59 Å². The summed E-state index contributed by atoms with van der Waals surface area (Å²) in [6.07, 6.45) is 1.65. The maximum Gasteiger partial charge on any atom is 0.248 e. The van der Waals surface area contributed by atoms with Gasteiger partial charge in [0, 0.05) is 18.7 Å². The van der Waals surface area contributed by atoms with Crippen LogP contribution in [-0.2, 0) is 4.79 Å². The van der Waals surface area contributed by atoms with E-state index in [2.05, 4.69) is 0 Å². The van der Waals surface area contributed by atoms with Crippen molar-refractivity contribution in [2.75, 3.05) is 13.1 Å². The number of primary amides is 1. The van der Waals surface area contributed by atoms with Crippen molar-refractivity contribution in [2.24, 2.45) is 16.9 Å². The zero-order valence-electron chi connectivity index (χ0n) is 15.5. The summed E-state index contributed by atoms with van der Waals surface area (Å²) in [6.45, 7) is 9.28. The Bertz CT molecular complexity index is 632. The molecule has 1 heterocycles. The number of nitrogens with two attached hydrogens (primary N) is 2. The molecule has 1 atom stereocenters. The molecule has 2 rings (SSSR count). The summed E-state index contributed by atoms with van der Waals surface area (Å²) in [4.78, 5) is 26.1. The van der Waals surface area contributed by atoms with Crippen LogP contribution in [0.2, 0.25) is 0 Å². The van der Waals surface area contributed by atoms with E-state index >= 15 is 0 Å². The number of rotatable bonds is 3. The molecule has 1 aliphatic heterocycles. The standard InChI is InChI=1S/C19H29N3O2.ClH/c1-12-5-6-14(17(21)23)15(11-12)13-7-9-22(10-8-13)18(24)16(20)19(2,3)4;/h5-6,11,13,16H,7-10,20H2,1-4H3,(H2,21,23);1H/t16-;/m1./s1. The fraction of sp³-hybridized carbons (Fsp3) is 0.579. The summed E-state index contributed by atoms with van der Waals surface area (Å²) in [5.74, 6) is -0.124. The number of piperidine rings is 1. The number of carbonyl (C=O) groups excluding carboxylic acids is 2. The van der Waals surface area contributed by atoms with E-state index in [4.69, 9.17) is 11.5 Å². The molecule has 5 nitrogen and oxygen atoms in total. The maximum absolute atomic E-state index is 12.5. The summed E-state index contributed by atoms with van der Waals surface area (Å²) in [7, 11) is 0. The number of hydrogen-bond donors (Lipinski definition) is 2. The molecule has 1 saturated heterocycles. The zero-order valence-corrected chi connectivity index (χ0v) is 16.4. The number of likely N-dealkylation sites (tertiary alicyclic amines) is 1. The third kappa shape index (κ3) is 4.95. The Morgan fingerprint density at radius 1 is 1.20 bits per heavy atom. The van der Waals surface area contributed by atoms with E-state index in [1.807, 2.05) is 44.7 Å². The molecule has 1 aliphatic rings. The van der Waals surface area contributed by atoms with Crippen molar-refractivity contribution in [3.05, 3.63) is 34.9 Å². The van der Waals surface area contributed by atoms with Crippen molar-refractivity contribution in [2.45, 2.75) is 52.5 Å². The van der Waals surface area contributed by atoms with Gasteiger partial charge in [-0.3, -0.25) is 9.59 Å². The predicted molar refractivity (Wildman–Crippen MR) is 103 cm³/mol. The van der Waals surface area contributed by atoms with Gasteiger partial charge in [0.15, 0.2) is 0 Å². The lowest BCUT2D eigenvalue weighted by Gasteiger charge is -2.37. The van der Waals surface area contributed by atoms with Gasteiger partial charge in [0.25, 0.3) is 0 Å². The molecule has 0 bridgehead atoms. The molecule has 0 aliphatic carbocycles. The van der Waals surface area contributed by atoms with Crippen LogP contribution in [0.4, 0.5) is 0 Å². The molecule has 0 aromatic heterocycles. The quantitative estimate of drug-likeness (QED) is 0.860. The van der Waals surface area contributed by atoms with Gasteiger partial charge >= 0.3 is 0 Å². The topological polar surface area (TPSA) is 89.4 Å². The number of halogens is 1. The Labute approximate surface area is 156 Å². The van der Waals surface area contributed by atoms with Crippen molar-refractivity contribution in [3.8, 4) is 0 Å². The van der Waals surface area contributed by atoms with Crippen LogP contribution in [0.3, 0.4) is 0 Å². The second-order valence-corrected chi connectivity index (χ2v) is 7.90. The lowest BCUT2D eigenvalue weighted by atomic mass is 9.83. The van der Waals surface area contributed by atoms with E-state index in [9.17, 15) is 9.59 Å². The molecule has 1 fully saturated rings. The summed E-state index contributed by atoms with van der Waals surface area (Å²) >= 11 is 0. The number of carbonyl (C=O) groups is 2. The van der Waals surface area contributed by atoms with Gasteiger partial charge in [-0.1, -0.05) is 38.5 Å². The molecule has 140 valence electrons. The van der Waals surface area contributed by atoms with Gasteiger partial charge < -0.3 is 16.4 Å². The molecule has 0 spiro atoms. The lowest BCUT2D eigenvalue weighted by Crippen LogP contribution is -2.52. The van der Waals surface area contributed by atoms with E-state index in [0.717, 1.165) is 24.0 Å². The molecule has 0 radical (unpaired) electrons. The number of nitrogens with zero attached hydrogens (tertiary/aromatic N) is 1. The van der Waals surface area contributed by atoms with E-state index in [0.29, 0.717) is 18.7 Å². The molecular weight excluding hydrogens is 338 g/mol. The smallest absolute Gasteiger partial charge is 0.248 e. The first-order valence-electron chi connectivity index (χ1n) is 8.56. The molecule has 2 amide bonds. The third-order valence-electron chi connectivity index (χ3n) is 4.92. The summed E-state index contributed by atoms with van der Waals surface area (Å²) < 4.78 is 0. The highest BCUT2D eigenvalue weighted by Crippen LogP contribution is 2.32. The summed E-state index contributed by atoms with van der Waals surface area (Å²) in [6, 6.07) is 5.27. The third-order valence-corrected chi connectivity index (χ3v) is 4.92. The fourth-order valence-corrected chi connectivity index (χ4v) is 3.22. The van der Waals surface area contributed by atoms with Gasteiger partial charge in [0.1, 0.15) is 0 Å². The molecule has 1 aromatic carbocycles. The average Bonchev–Trinajstić information content (AvgIpc) is 2.52. The van der Waals surface area contributed by atoms with E-state index < -0.39 is 11.9 Å². The number of amides is 2. The van der Waals surface area contributed by atoms with Gasteiger partial charge in [-0.05, 0) is 42.7 Å². The van der Waals surface area contributed by atoms with Crippen molar-refractivity contribution >= 4 is 24.2 Å². The van der Waals surface area contributed by atoms with Gasteiger partial charge in [-0.2, -0.15) is 0 Å². The molecule has 0 unspecified atom stereocenters. The van der Waals surface area contributed by atoms with E-state index in [1.165, 1.54) is 0 Å². The second-order valence-electron chi connectivity index (χ2n) is 7.90. The number of benzene rings is 1. The maximum atomic E-state index is 12.5. The summed E-state index contributed by atoms with van der Waals surface area (Å²) in [5, 5.41) is 0. The Balaban J connectivity index is 0.00000312. The van der Waals surface area contributed by atoms with E-state index in [-0.39, 0.29) is 29.6 Å². The minimum Gasteiger partial charge on any atom is -0.366 e. The van der Waals surface area contributed by atoms with Gasteiger partial charge in [-0.15, -0.1) is 12.4 Å². The van der Waals surface area contributed by atoms with Crippen LogP contribution >= 0.6 is 12.4 Å². The zero-order chi connectivity index (χ0) is 18.1. The predicted octanol–water partition coefficient (Wildman–Crippen LogP) is 2.60. The normalized spacial score (nSPS) is 16.9. The van der Waals surface area contributed by atoms with Crippen molar-refractivity contribution in [1.82, 2.24) is 4.90 Å². The highest BCUT2D eigenvalue weighted by Gasteiger charge is 2.33. The largest absolute Gasteiger partial charge is 0.366 e. The minimum atomic E-state index is -0.491. The molecule has 1 aromatic rings. The Kier molecular flexibility index (Phi) is 7.03. The first-order valence-corrected chi connectivity index (χ1v) is 8.56. The highest BCUT2D eigenvalue weighted by molar-refractivity contribution is 5.94. The Morgan fingerprint density at radius 3 is 2.24 bits per heavy atom.